The minimum Gasteiger partial charge on any atom is -0.314 e. The molecule has 0 amide bonds. The molecule has 0 bridgehead atoms. The molecule has 0 saturated heterocycles. The maximum atomic E-state index is 11.9. The first-order chi connectivity index (χ1) is 9.47. The molecule has 0 heterocycles. The monoisotopic (exact) mass is 297 g/mol. The van der Waals surface area contributed by atoms with Crippen molar-refractivity contribution in [3.8, 4) is 0 Å². The fourth-order valence-electron chi connectivity index (χ4n) is 2.01. The molecule has 112 valence electrons. The molecule has 1 aromatic carbocycles. The van der Waals surface area contributed by atoms with E-state index in [9.17, 15) is 8.42 Å². The number of aryl methyl sites for hydroxylation is 1. The molecule has 1 aliphatic rings. The van der Waals surface area contributed by atoms with Gasteiger partial charge in [-0.1, -0.05) is 12.1 Å². The first-order valence-corrected chi connectivity index (χ1v) is 8.48. The number of hydrogen-bond donors (Lipinski definition) is 2. The van der Waals surface area contributed by atoms with Crippen LogP contribution >= 0.6 is 0 Å². The highest BCUT2D eigenvalue weighted by molar-refractivity contribution is 7.89. The van der Waals surface area contributed by atoms with Crippen molar-refractivity contribution in [3.63, 3.8) is 0 Å². The van der Waals surface area contributed by atoms with E-state index in [1.807, 2.05) is 12.1 Å². The Morgan fingerprint density at radius 2 is 1.85 bits per heavy atom. The first kappa shape index (κ1) is 15.4. The lowest BCUT2D eigenvalue weighted by molar-refractivity contribution is 0.364. The third-order valence-corrected chi connectivity index (χ3v) is 4.69. The van der Waals surface area contributed by atoms with Crippen molar-refractivity contribution in [3.05, 3.63) is 29.8 Å². The van der Waals surface area contributed by atoms with Crippen LogP contribution in [-0.4, -0.2) is 40.1 Å². The predicted octanol–water partition coefficient (Wildman–Crippen LogP) is 1.13. The highest BCUT2D eigenvalue weighted by atomic mass is 32.2. The van der Waals surface area contributed by atoms with Crippen molar-refractivity contribution >= 4 is 10.0 Å². The maximum absolute atomic E-state index is 11.9. The van der Waals surface area contributed by atoms with Gasteiger partial charge in [0.25, 0.3) is 10.0 Å². The van der Waals surface area contributed by atoms with Crippen LogP contribution in [0.25, 0.3) is 0 Å². The predicted molar refractivity (Wildman–Crippen MR) is 79.8 cm³/mol. The van der Waals surface area contributed by atoms with Crippen LogP contribution in [0.1, 0.15) is 24.8 Å². The largest absolute Gasteiger partial charge is 0.314 e. The second-order valence-electron chi connectivity index (χ2n) is 5.47. The Labute approximate surface area is 121 Å². The van der Waals surface area contributed by atoms with Crippen LogP contribution in [0, 0.1) is 0 Å². The Kier molecular flexibility index (Phi) is 5.15. The standard InChI is InChI=1S/C14H23N3O2S/c1-17(2)16-20(18,19)14-9-5-12(6-10-14)4-3-11-15-13-7-8-13/h5-6,9-10,13,15-16H,3-4,7-8,11H2,1-2H3. The fourth-order valence-corrected chi connectivity index (χ4v) is 3.10. The first-order valence-electron chi connectivity index (χ1n) is 6.99. The van der Waals surface area contributed by atoms with Crippen LogP contribution in [0.2, 0.25) is 0 Å². The topological polar surface area (TPSA) is 61.4 Å². The number of sulfonamides is 1. The van der Waals surface area contributed by atoms with Gasteiger partial charge in [0.1, 0.15) is 0 Å². The Hall–Kier alpha value is -0.950. The molecule has 1 aliphatic carbocycles. The molecule has 1 saturated carbocycles. The Bertz CT molecular complexity index is 522. The molecule has 0 radical (unpaired) electrons. The average Bonchev–Trinajstić information content (AvgIpc) is 3.18. The summed E-state index contributed by atoms with van der Waals surface area (Å²) in [4.78, 5) is 2.72. The van der Waals surface area contributed by atoms with E-state index in [0.717, 1.165) is 25.4 Å². The summed E-state index contributed by atoms with van der Waals surface area (Å²) < 4.78 is 23.9. The van der Waals surface area contributed by atoms with Gasteiger partial charge >= 0.3 is 0 Å². The third-order valence-electron chi connectivity index (χ3n) is 3.19. The summed E-state index contributed by atoms with van der Waals surface area (Å²) >= 11 is 0. The van der Waals surface area contributed by atoms with Crippen molar-refractivity contribution in [1.82, 2.24) is 15.2 Å². The molecule has 6 heteroatoms. The van der Waals surface area contributed by atoms with E-state index in [1.54, 1.807) is 26.2 Å². The molecule has 0 unspecified atom stereocenters. The van der Waals surface area contributed by atoms with E-state index in [0.29, 0.717) is 4.90 Å². The van der Waals surface area contributed by atoms with Crippen LogP contribution in [0.4, 0.5) is 0 Å². The van der Waals surface area contributed by atoms with Gasteiger partial charge < -0.3 is 5.32 Å². The smallest absolute Gasteiger partial charge is 0.253 e. The van der Waals surface area contributed by atoms with Crippen LogP contribution in [0.15, 0.2) is 29.2 Å². The minimum atomic E-state index is -3.44. The van der Waals surface area contributed by atoms with Gasteiger partial charge in [-0.2, -0.15) is 0 Å². The molecule has 1 fully saturated rings. The van der Waals surface area contributed by atoms with Gasteiger partial charge in [0, 0.05) is 20.1 Å². The highest BCUT2D eigenvalue weighted by Gasteiger charge is 2.19. The number of nitrogens with zero attached hydrogens (tertiary/aromatic N) is 1. The van der Waals surface area contributed by atoms with E-state index >= 15 is 0 Å². The fraction of sp³-hybridized carbons (Fsp3) is 0.571. The lowest BCUT2D eigenvalue weighted by Crippen LogP contribution is -2.36. The number of rotatable bonds is 8. The summed E-state index contributed by atoms with van der Waals surface area (Å²) in [6.45, 7) is 1.03. The molecule has 0 aromatic heterocycles. The van der Waals surface area contributed by atoms with Crippen LogP contribution in [0.5, 0.6) is 0 Å². The second kappa shape index (κ2) is 6.67. The van der Waals surface area contributed by atoms with Crippen molar-refractivity contribution in [2.75, 3.05) is 20.6 Å². The molecular weight excluding hydrogens is 274 g/mol. The quantitative estimate of drug-likeness (QED) is 0.558. The lowest BCUT2D eigenvalue weighted by Gasteiger charge is -2.12. The number of benzene rings is 1. The van der Waals surface area contributed by atoms with Crippen molar-refractivity contribution in [1.29, 1.82) is 0 Å². The van der Waals surface area contributed by atoms with Crippen molar-refractivity contribution in [2.45, 2.75) is 36.6 Å². The zero-order chi connectivity index (χ0) is 14.6. The highest BCUT2D eigenvalue weighted by Crippen LogP contribution is 2.18. The number of nitrogens with one attached hydrogen (secondary N) is 2. The molecular formula is C14H23N3O2S. The zero-order valence-corrected chi connectivity index (χ0v) is 12.9. The van der Waals surface area contributed by atoms with Gasteiger partial charge in [-0.3, -0.25) is 0 Å². The Morgan fingerprint density at radius 1 is 1.20 bits per heavy atom. The summed E-state index contributed by atoms with van der Waals surface area (Å²) in [5, 5.41) is 4.90. The molecule has 20 heavy (non-hydrogen) atoms. The maximum Gasteiger partial charge on any atom is 0.253 e. The van der Waals surface area contributed by atoms with E-state index in [2.05, 4.69) is 10.1 Å². The van der Waals surface area contributed by atoms with Gasteiger partial charge in [0.15, 0.2) is 0 Å². The lowest BCUT2D eigenvalue weighted by atomic mass is 10.1. The number of hydrazine groups is 1. The normalized spacial score (nSPS) is 15.8. The Morgan fingerprint density at radius 3 is 2.40 bits per heavy atom. The molecule has 1 aromatic rings. The Balaban J connectivity index is 1.85. The van der Waals surface area contributed by atoms with Crippen LogP contribution in [-0.2, 0) is 16.4 Å². The third kappa shape index (κ3) is 4.86. The van der Waals surface area contributed by atoms with Gasteiger partial charge in [0.2, 0.25) is 0 Å². The van der Waals surface area contributed by atoms with Crippen molar-refractivity contribution in [2.24, 2.45) is 0 Å². The summed E-state index contributed by atoms with van der Waals surface area (Å²) in [6, 6.07) is 7.85. The summed E-state index contributed by atoms with van der Waals surface area (Å²) in [7, 11) is -0.138. The minimum absolute atomic E-state index is 0.297. The molecule has 0 spiro atoms. The molecule has 0 atom stereocenters. The second-order valence-corrected chi connectivity index (χ2v) is 7.13. The van der Waals surface area contributed by atoms with Gasteiger partial charge in [-0.05, 0) is 49.9 Å². The molecule has 2 N–H and O–H groups in total. The SMILES string of the molecule is CN(C)NS(=O)(=O)c1ccc(CCCNC2CC2)cc1. The van der Waals surface area contributed by atoms with Crippen LogP contribution < -0.4 is 10.1 Å². The van der Waals surface area contributed by atoms with Crippen molar-refractivity contribution < 1.29 is 8.42 Å². The number of hydrogen-bond acceptors (Lipinski definition) is 4. The molecule has 2 rings (SSSR count). The zero-order valence-electron chi connectivity index (χ0n) is 12.1. The average molecular weight is 297 g/mol. The molecule has 5 nitrogen and oxygen atoms in total. The van der Waals surface area contributed by atoms with Gasteiger partial charge in [-0.15, -0.1) is 4.83 Å². The summed E-state index contributed by atoms with van der Waals surface area (Å²) in [6.07, 6.45) is 4.68. The van der Waals surface area contributed by atoms with E-state index < -0.39 is 10.0 Å². The molecule has 0 aliphatic heterocycles. The summed E-state index contributed by atoms with van der Waals surface area (Å²) in [5.41, 5.74) is 1.17. The van der Waals surface area contributed by atoms with E-state index in [1.165, 1.54) is 23.4 Å². The van der Waals surface area contributed by atoms with Gasteiger partial charge in [-0.25, -0.2) is 13.4 Å². The van der Waals surface area contributed by atoms with Crippen LogP contribution in [0.3, 0.4) is 0 Å². The summed E-state index contributed by atoms with van der Waals surface area (Å²) in [5.74, 6) is 0. The van der Waals surface area contributed by atoms with E-state index in [-0.39, 0.29) is 0 Å². The van der Waals surface area contributed by atoms with E-state index in [4.69, 9.17) is 0 Å². The van der Waals surface area contributed by atoms with Gasteiger partial charge in [0.05, 0.1) is 4.90 Å².